The Bertz CT molecular complexity index is 560. The van der Waals surface area contributed by atoms with Crippen molar-refractivity contribution >= 4 is 70.9 Å². The molecule has 15 nitrogen and oxygen atoms in total. The molecule has 0 amide bonds. The van der Waals surface area contributed by atoms with Crippen molar-refractivity contribution in [2.24, 2.45) is 0 Å². The van der Waals surface area contributed by atoms with E-state index in [-0.39, 0.29) is 292 Å². The maximum atomic E-state index is 10.4. The van der Waals surface area contributed by atoms with E-state index in [9.17, 15) is 60.0 Å². The summed E-state index contributed by atoms with van der Waals surface area (Å²) in [6.45, 7) is 0. The summed E-state index contributed by atoms with van der Waals surface area (Å²) in [7, 11) is 0. The molecule has 0 bridgehead atoms. The maximum absolute atomic E-state index is 10.4. The zero-order chi connectivity index (χ0) is 22.0. The fourth-order valence-corrected chi connectivity index (χ4v) is 6.23. The number of carboxylic acids is 4. The quantitative estimate of drug-likeness (QED) is 0.203. The molecule has 4 unspecified atom stereocenters. The Morgan fingerprint density at radius 3 is 0.629 bits per heavy atom. The minimum Gasteiger partial charge on any atom is -0.546 e. The van der Waals surface area contributed by atoms with Crippen LogP contribution in [0.4, 0.5) is 0 Å². The first-order valence-electron chi connectivity index (χ1n) is 6.91. The van der Waals surface area contributed by atoms with E-state index in [1.165, 1.54) is 0 Å². The Kier molecular flexibility index (Phi) is 42.0. The van der Waals surface area contributed by atoms with Crippen molar-refractivity contribution in [2.45, 2.75) is 19.7 Å². The summed E-state index contributed by atoms with van der Waals surface area (Å²) in [6, 6.07) is 0. The SMILES string of the molecule is O.O.O.O=C([O-])C1(O)CSC(O)(C(=O)[O-])CS1.O=C([O-])C1(O)CSC(O)(C(=O)[O-])CS1.[Cs+].[Cs+].[Cs+].[Cs+]. The van der Waals surface area contributed by atoms with Crippen LogP contribution in [-0.4, -0.2) is 103 Å². The van der Waals surface area contributed by atoms with Crippen LogP contribution in [0.1, 0.15) is 0 Å². The van der Waals surface area contributed by atoms with E-state index in [0.29, 0.717) is 47.0 Å². The predicted octanol–water partition coefficient (Wildman–Crippen LogP) is -21.8. The summed E-state index contributed by atoms with van der Waals surface area (Å²) in [4.78, 5) is 33.1. The number of hydrogen-bond donors (Lipinski definition) is 4. The molecule has 4 atom stereocenters. The Labute approximate surface area is 451 Å². The van der Waals surface area contributed by atoms with Crippen LogP contribution in [0.2, 0.25) is 0 Å². The van der Waals surface area contributed by atoms with E-state index in [4.69, 9.17) is 0 Å². The number of hydrogen-bond acceptors (Lipinski definition) is 16. The summed E-state index contributed by atoms with van der Waals surface area (Å²) < 4.78 is 0. The molecule has 0 radical (unpaired) electrons. The van der Waals surface area contributed by atoms with E-state index < -0.39 is 66.6 Å². The first-order chi connectivity index (χ1) is 12.6. The van der Waals surface area contributed by atoms with Crippen LogP contribution >= 0.6 is 47.0 Å². The molecule has 23 heteroatoms. The topological polar surface area (TPSA) is 336 Å². The summed E-state index contributed by atoms with van der Waals surface area (Å²) in [5.41, 5.74) is 0. The molecule has 2 aliphatic heterocycles. The second kappa shape index (κ2) is 25.4. The smallest absolute Gasteiger partial charge is 0.546 e. The fraction of sp³-hybridized carbons (Fsp3) is 0.667. The second-order valence-electron chi connectivity index (χ2n) is 5.44. The van der Waals surface area contributed by atoms with Crippen LogP contribution in [0.3, 0.4) is 0 Å². The molecule has 10 N–H and O–H groups in total. The summed E-state index contributed by atoms with van der Waals surface area (Å²) in [6.07, 6.45) is 0. The summed E-state index contributed by atoms with van der Waals surface area (Å²) in [5.74, 6) is -8.67. The first kappa shape index (κ1) is 57.8. The van der Waals surface area contributed by atoms with Gasteiger partial charge in [0, 0.05) is 23.0 Å². The van der Waals surface area contributed by atoms with Crippen molar-refractivity contribution in [3.8, 4) is 0 Å². The Morgan fingerprint density at radius 1 is 0.457 bits per heavy atom. The van der Waals surface area contributed by atoms with Gasteiger partial charge >= 0.3 is 276 Å². The molecule has 0 saturated carbocycles. The molecule has 2 saturated heterocycles. The van der Waals surface area contributed by atoms with Gasteiger partial charge in [-0.1, -0.05) is 0 Å². The van der Waals surface area contributed by atoms with E-state index >= 15 is 0 Å². The van der Waals surface area contributed by atoms with Gasteiger partial charge in [-0.3, -0.25) is 0 Å². The molecule has 35 heavy (non-hydrogen) atoms. The van der Waals surface area contributed by atoms with Gasteiger partial charge in [-0.15, -0.1) is 47.0 Å². The van der Waals surface area contributed by atoms with E-state index in [2.05, 4.69) is 0 Å². The van der Waals surface area contributed by atoms with Gasteiger partial charge in [0.15, 0.2) is 19.7 Å². The first-order valence-corrected chi connectivity index (χ1v) is 10.9. The number of carboxylic acid groups (broad SMARTS) is 4. The predicted molar refractivity (Wildman–Crippen MR) is 101 cm³/mol. The number of carbonyl (C=O) groups is 4. The third kappa shape index (κ3) is 18.1. The van der Waals surface area contributed by atoms with Crippen molar-refractivity contribution in [3.63, 3.8) is 0 Å². The standard InChI is InChI=1S/2C6H8O6S2.4Cs.3H2O/c2*7-3(8)5(11)1-13-6(12,2-14-5)4(9)10;;;;;;;/h2*11-12H,1-2H2,(H,7,8)(H,9,10);;;;;3*1H2/q;;4*+1;;;/p-4. The third-order valence-electron chi connectivity index (χ3n) is 3.30. The van der Waals surface area contributed by atoms with Gasteiger partial charge < -0.3 is 76.5 Å². The number of aliphatic hydroxyl groups is 4. The van der Waals surface area contributed by atoms with Gasteiger partial charge in [-0.25, -0.2) is 0 Å². The molecular formula is C12H18Cs4O15S4. The second-order valence-corrected chi connectivity index (χ2v) is 10.5. The normalized spacial score (nSPS) is 30.3. The maximum Gasteiger partial charge on any atom is 1.00 e. The molecule has 0 aromatic rings. The van der Waals surface area contributed by atoms with Crippen molar-refractivity contribution in [1.29, 1.82) is 0 Å². The summed E-state index contributed by atoms with van der Waals surface area (Å²) >= 11 is 1.64. The summed E-state index contributed by atoms with van der Waals surface area (Å²) in [5, 5.41) is 78.9. The van der Waals surface area contributed by atoms with Gasteiger partial charge in [0.25, 0.3) is 0 Å². The molecule has 0 spiro atoms. The fourth-order valence-electron chi connectivity index (χ4n) is 1.51. The van der Waals surface area contributed by atoms with Crippen LogP contribution in [0.25, 0.3) is 0 Å². The Balaban J connectivity index is -0.0000000747. The number of thioether (sulfide) groups is 4. The number of carbonyl (C=O) groups excluding carboxylic acids is 4. The minimum absolute atomic E-state index is 0. The van der Waals surface area contributed by atoms with Crippen LogP contribution in [0.15, 0.2) is 0 Å². The molecule has 2 heterocycles. The molecule has 0 aromatic heterocycles. The average Bonchev–Trinajstić information content (AvgIpc) is 2.60. The number of aliphatic carboxylic acids is 4. The zero-order valence-electron chi connectivity index (χ0n) is 19.0. The molecule has 2 rings (SSSR count). The molecule has 2 fully saturated rings. The third-order valence-corrected chi connectivity index (χ3v) is 9.44. The van der Waals surface area contributed by atoms with Crippen molar-refractivity contribution in [3.05, 3.63) is 0 Å². The van der Waals surface area contributed by atoms with Crippen molar-refractivity contribution in [1.82, 2.24) is 0 Å². The molecular weight excluding hydrogens is 1040 g/mol. The monoisotopic (exact) mass is 1060 g/mol. The average molecular weight is 1060 g/mol. The van der Waals surface area contributed by atoms with E-state index in [1.807, 2.05) is 0 Å². The van der Waals surface area contributed by atoms with Crippen molar-refractivity contribution in [2.75, 3.05) is 23.0 Å². The Morgan fingerprint density at radius 2 is 0.571 bits per heavy atom. The van der Waals surface area contributed by atoms with Crippen LogP contribution < -0.4 is 296 Å². The minimum atomic E-state index is -2.15. The molecule has 0 aliphatic carbocycles. The largest absolute Gasteiger partial charge is 1.00 e. The van der Waals surface area contributed by atoms with Gasteiger partial charge in [-0.05, 0) is 0 Å². The van der Waals surface area contributed by atoms with Crippen LogP contribution in [0, 0.1) is 0 Å². The van der Waals surface area contributed by atoms with Crippen molar-refractivity contribution < 1.29 is 352 Å². The van der Waals surface area contributed by atoms with Gasteiger partial charge in [-0.2, -0.15) is 0 Å². The Hall–Kier alpha value is 7.21. The van der Waals surface area contributed by atoms with Gasteiger partial charge in [0.1, 0.15) is 0 Å². The number of rotatable bonds is 4. The van der Waals surface area contributed by atoms with Gasteiger partial charge in [0.2, 0.25) is 0 Å². The molecule has 2 aliphatic rings. The molecule has 0 aromatic carbocycles. The van der Waals surface area contributed by atoms with E-state index in [1.54, 1.807) is 0 Å². The van der Waals surface area contributed by atoms with Crippen LogP contribution in [0.5, 0.6) is 0 Å². The molecule has 184 valence electrons. The van der Waals surface area contributed by atoms with Gasteiger partial charge in [0.05, 0.1) is 23.9 Å². The van der Waals surface area contributed by atoms with E-state index in [0.717, 1.165) is 0 Å². The zero-order valence-corrected chi connectivity index (χ0v) is 47.4. The van der Waals surface area contributed by atoms with Crippen LogP contribution in [-0.2, 0) is 19.2 Å².